The molecule has 1 aromatic carbocycles. The van der Waals surface area contributed by atoms with Crippen molar-refractivity contribution in [1.29, 1.82) is 0 Å². The third-order valence-corrected chi connectivity index (χ3v) is 5.81. The molecule has 5 N–H and O–H groups in total. The molecule has 1 heterocycles. The van der Waals surface area contributed by atoms with Crippen LogP contribution in [0.25, 0.3) is 0 Å². The quantitative estimate of drug-likeness (QED) is 0.511. The van der Waals surface area contributed by atoms with Crippen LogP contribution in [-0.4, -0.2) is 41.8 Å². The number of rotatable bonds is 7. The normalized spacial score (nSPS) is 20.8. The van der Waals surface area contributed by atoms with Gasteiger partial charge in [0.1, 0.15) is 6.10 Å². The van der Waals surface area contributed by atoms with Gasteiger partial charge in [-0.2, -0.15) is 13.2 Å². The third kappa shape index (κ3) is 6.16. The molecule has 1 aliphatic heterocycles. The van der Waals surface area contributed by atoms with E-state index in [2.05, 4.69) is 5.32 Å². The lowest BCUT2D eigenvalue weighted by Gasteiger charge is -2.30. The predicted octanol–water partition coefficient (Wildman–Crippen LogP) is 2.30. The summed E-state index contributed by atoms with van der Waals surface area (Å²) < 4.78 is 38.3. The van der Waals surface area contributed by atoms with Crippen molar-refractivity contribution in [3.8, 4) is 0 Å². The first-order chi connectivity index (χ1) is 13.8. The molecule has 0 spiro atoms. The van der Waals surface area contributed by atoms with Crippen molar-refractivity contribution in [2.24, 2.45) is 17.1 Å². The van der Waals surface area contributed by atoms with Crippen LogP contribution in [0.2, 0.25) is 5.02 Å². The number of carbonyl (C=O) groups is 2. The molecule has 0 unspecified atom stereocenters. The summed E-state index contributed by atoms with van der Waals surface area (Å²) in [5.74, 6) is -3.45. The Bertz CT molecular complexity index is 786. The molecule has 3 atom stereocenters. The van der Waals surface area contributed by atoms with Crippen molar-refractivity contribution in [3.05, 3.63) is 34.3 Å². The van der Waals surface area contributed by atoms with E-state index >= 15 is 0 Å². The predicted molar refractivity (Wildman–Crippen MR) is 107 cm³/mol. The number of nitrogens with one attached hydrogen (secondary N) is 2. The summed E-state index contributed by atoms with van der Waals surface area (Å²) in [7, 11) is 0. The standard InChI is InChI=1S/C20H27ClF3N3O3/c1-19(2,6-5-11-7-14(21)4-3-12(11)9-25)16(28)18(30)27-17(29)15-8-13(10-26-15)20(22,23)24/h3-4,7,13,15-16,26,28H,5-6,8-10,25H2,1-2H3,(H,27,29,30)/t13-,15-,16+/m0/s1. The number of aliphatic hydroxyl groups excluding tert-OH is 1. The highest BCUT2D eigenvalue weighted by atomic mass is 35.5. The Labute approximate surface area is 178 Å². The monoisotopic (exact) mass is 449 g/mol. The fourth-order valence-corrected chi connectivity index (χ4v) is 3.63. The zero-order valence-electron chi connectivity index (χ0n) is 16.9. The number of halogens is 4. The van der Waals surface area contributed by atoms with Crippen molar-refractivity contribution in [1.82, 2.24) is 10.6 Å². The van der Waals surface area contributed by atoms with Gasteiger partial charge in [0.25, 0.3) is 5.91 Å². The van der Waals surface area contributed by atoms with Crippen LogP contribution in [-0.2, 0) is 22.6 Å². The van der Waals surface area contributed by atoms with Crippen LogP contribution in [0.4, 0.5) is 13.2 Å². The summed E-state index contributed by atoms with van der Waals surface area (Å²) in [6, 6.07) is 4.19. The van der Waals surface area contributed by atoms with Crippen molar-refractivity contribution in [3.63, 3.8) is 0 Å². The van der Waals surface area contributed by atoms with Gasteiger partial charge in [-0.25, -0.2) is 0 Å². The average Bonchev–Trinajstić information content (AvgIpc) is 3.16. The third-order valence-electron chi connectivity index (χ3n) is 5.57. The zero-order chi connectivity index (χ0) is 22.7. The van der Waals surface area contributed by atoms with Gasteiger partial charge in [-0.05, 0) is 42.5 Å². The van der Waals surface area contributed by atoms with Crippen LogP contribution in [0.15, 0.2) is 18.2 Å². The van der Waals surface area contributed by atoms with Gasteiger partial charge in [0.05, 0.1) is 12.0 Å². The average molecular weight is 450 g/mol. The fraction of sp³-hybridized carbons (Fsp3) is 0.600. The van der Waals surface area contributed by atoms with Crippen LogP contribution in [0.1, 0.15) is 37.8 Å². The summed E-state index contributed by atoms with van der Waals surface area (Å²) in [6.45, 7) is 3.27. The Kier molecular flexibility index (Phi) is 7.90. The molecule has 0 aliphatic carbocycles. The van der Waals surface area contributed by atoms with Gasteiger partial charge in [-0.3, -0.25) is 14.9 Å². The highest BCUT2D eigenvalue weighted by Crippen LogP contribution is 2.33. The number of hydrogen-bond acceptors (Lipinski definition) is 5. The van der Waals surface area contributed by atoms with E-state index in [0.29, 0.717) is 24.4 Å². The van der Waals surface area contributed by atoms with E-state index in [1.807, 2.05) is 11.4 Å². The van der Waals surface area contributed by atoms with Crippen molar-refractivity contribution in [2.75, 3.05) is 6.54 Å². The maximum absolute atomic E-state index is 12.8. The molecule has 1 aliphatic rings. The molecule has 0 aromatic heterocycles. The Morgan fingerprint density at radius 1 is 1.33 bits per heavy atom. The number of benzene rings is 1. The van der Waals surface area contributed by atoms with Gasteiger partial charge in [0, 0.05) is 23.5 Å². The van der Waals surface area contributed by atoms with E-state index in [0.717, 1.165) is 11.1 Å². The smallest absolute Gasteiger partial charge is 0.383 e. The number of imide groups is 1. The van der Waals surface area contributed by atoms with Gasteiger partial charge in [-0.15, -0.1) is 0 Å². The van der Waals surface area contributed by atoms with Crippen molar-refractivity contribution < 1.29 is 27.9 Å². The van der Waals surface area contributed by atoms with E-state index in [1.54, 1.807) is 26.0 Å². The number of aryl methyl sites for hydroxylation is 1. The minimum absolute atomic E-state index is 0.317. The first kappa shape index (κ1) is 24.6. The number of alkyl halides is 3. The zero-order valence-corrected chi connectivity index (χ0v) is 17.6. The summed E-state index contributed by atoms with van der Waals surface area (Å²) in [6.07, 6.45) is -5.49. The minimum atomic E-state index is -4.41. The molecule has 2 rings (SSSR count). The highest BCUT2D eigenvalue weighted by molar-refractivity contribution is 6.30. The second kappa shape index (κ2) is 9.64. The molecule has 0 radical (unpaired) electrons. The molecular formula is C20H27ClF3N3O3. The molecule has 1 aromatic rings. The van der Waals surface area contributed by atoms with E-state index in [1.165, 1.54) is 0 Å². The molecule has 6 nitrogen and oxygen atoms in total. The van der Waals surface area contributed by atoms with Crippen LogP contribution in [0.5, 0.6) is 0 Å². The van der Waals surface area contributed by atoms with E-state index < -0.39 is 47.9 Å². The lowest BCUT2D eigenvalue weighted by atomic mass is 9.80. The first-order valence-corrected chi connectivity index (χ1v) is 10.0. The molecule has 0 saturated carbocycles. The minimum Gasteiger partial charge on any atom is -0.383 e. The van der Waals surface area contributed by atoms with Crippen molar-refractivity contribution >= 4 is 23.4 Å². The lowest BCUT2D eigenvalue weighted by molar-refractivity contribution is -0.169. The summed E-state index contributed by atoms with van der Waals surface area (Å²) in [5.41, 5.74) is 6.62. The van der Waals surface area contributed by atoms with Crippen LogP contribution >= 0.6 is 11.6 Å². The topological polar surface area (TPSA) is 104 Å². The molecule has 30 heavy (non-hydrogen) atoms. The van der Waals surface area contributed by atoms with E-state index in [4.69, 9.17) is 17.3 Å². The summed E-state index contributed by atoms with van der Waals surface area (Å²) in [4.78, 5) is 24.5. The molecular weight excluding hydrogens is 423 g/mol. The Hall–Kier alpha value is -1.68. The Balaban J connectivity index is 1.94. The first-order valence-electron chi connectivity index (χ1n) is 9.65. The number of amides is 2. The molecule has 168 valence electrons. The Morgan fingerprint density at radius 2 is 2.00 bits per heavy atom. The fourth-order valence-electron chi connectivity index (χ4n) is 3.44. The number of hydrogen-bond donors (Lipinski definition) is 4. The molecule has 1 saturated heterocycles. The Morgan fingerprint density at radius 3 is 2.57 bits per heavy atom. The maximum Gasteiger partial charge on any atom is 0.393 e. The molecule has 10 heteroatoms. The number of carbonyl (C=O) groups excluding carboxylic acids is 2. The second-order valence-corrected chi connectivity index (χ2v) is 8.73. The van der Waals surface area contributed by atoms with Gasteiger partial charge in [0.15, 0.2) is 0 Å². The van der Waals surface area contributed by atoms with Gasteiger partial charge in [0.2, 0.25) is 5.91 Å². The number of aliphatic hydroxyl groups is 1. The van der Waals surface area contributed by atoms with E-state index in [-0.39, 0.29) is 6.54 Å². The van der Waals surface area contributed by atoms with Crippen molar-refractivity contribution in [2.45, 2.75) is 58.0 Å². The maximum atomic E-state index is 12.8. The summed E-state index contributed by atoms with van der Waals surface area (Å²) >= 11 is 6.03. The SMILES string of the molecule is CC(C)(CCc1cc(Cl)ccc1CN)[C@H](O)C(=O)NC(=O)[C@@H]1C[C@H](C(F)(F)F)CN1. The van der Waals surface area contributed by atoms with E-state index in [9.17, 15) is 27.9 Å². The molecule has 2 amide bonds. The van der Waals surface area contributed by atoms with Gasteiger partial charge >= 0.3 is 6.18 Å². The number of nitrogens with two attached hydrogens (primary N) is 1. The van der Waals surface area contributed by atoms with Crippen LogP contribution in [0.3, 0.4) is 0 Å². The highest BCUT2D eigenvalue weighted by Gasteiger charge is 2.46. The molecule has 1 fully saturated rings. The largest absolute Gasteiger partial charge is 0.393 e. The van der Waals surface area contributed by atoms with Gasteiger partial charge in [-0.1, -0.05) is 31.5 Å². The van der Waals surface area contributed by atoms with Crippen LogP contribution in [0, 0.1) is 11.3 Å². The molecule has 0 bridgehead atoms. The van der Waals surface area contributed by atoms with Gasteiger partial charge < -0.3 is 16.2 Å². The second-order valence-electron chi connectivity index (χ2n) is 8.30. The lowest BCUT2D eigenvalue weighted by Crippen LogP contribution is -2.50. The summed E-state index contributed by atoms with van der Waals surface area (Å²) in [5, 5.41) is 15.5. The van der Waals surface area contributed by atoms with Crippen LogP contribution < -0.4 is 16.4 Å².